The Kier molecular flexibility index (Phi) is 7.93. The summed E-state index contributed by atoms with van der Waals surface area (Å²) in [7, 11) is 0. The number of aliphatic hydroxyl groups is 1. The van der Waals surface area contributed by atoms with Crippen molar-refractivity contribution in [2.75, 3.05) is 25.0 Å². The van der Waals surface area contributed by atoms with Crippen LogP contribution in [0, 0.1) is 17.7 Å². The summed E-state index contributed by atoms with van der Waals surface area (Å²) in [6.45, 7) is 4.58. The number of aliphatic hydroxyl groups excluding tert-OH is 1. The summed E-state index contributed by atoms with van der Waals surface area (Å²) >= 11 is 0. The number of carbonyl (C=O) groups is 2. The van der Waals surface area contributed by atoms with Crippen molar-refractivity contribution in [3.63, 3.8) is 0 Å². The second-order valence-electron chi connectivity index (χ2n) is 11.3. The number of halogens is 1. The molecule has 1 saturated carbocycles. The van der Waals surface area contributed by atoms with Gasteiger partial charge in [-0.05, 0) is 63.5 Å². The van der Waals surface area contributed by atoms with Crippen LogP contribution in [0.1, 0.15) is 52.0 Å². The third kappa shape index (κ3) is 5.74. The number of carbonyl (C=O) groups excluding carboxylic acids is 2. The van der Waals surface area contributed by atoms with E-state index in [-0.39, 0.29) is 53.7 Å². The molecule has 1 aromatic carbocycles. The molecule has 0 radical (unpaired) electrons. The smallest absolute Gasteiger partial charge is 0.331 e. The van der Waals surface area contributed by atoms with Crippen molar-refractivity contribution in [1.82, 2.24) is 19.4 Å². The van der Waals surface area contributed by atoms with Gasteiger partial charge < -0.3 is 20.6 Å². The monoisotopic (exact) mass is 553 g/mol. The molecule has 3 N–H and O–H groups in total. The first kappa shape index (κ1) is 27.8. The number of nitrogens with zero attached hydrogens (tertiary/aromatic N) is 3. The lowest BCUT2D eigenvalue weighted by Crippen LogP contribution is -2.51. The number of hydrogen-bond donors (Lipinski definition) is 3. The van der Waals surface area contributed by atoms with Gasteiger partial charge in [-0.1, -0.05) is 18.2 Å². The number of amides is 3. The second-order valence-corrected chi connectivity index (χ2v) is 11.3. The van der Waals surface area contributed by atoms with E-state index in [1.54, 1.807) is 26.0 Å². The Morgan fingerprint density at radius 3 is 2.60 bits per heavy atom. The maximum Gasteiger partial charge on any atom is 0.331 e. The highest BCUT2D eigenvalue weighted by molar-refractivity contribution is 5.93. The van der Waals surface area contributed by atoms with Crippen molar-refractivity contribution < 1.29 is 19.1 Å². The number of nitrogens with one attached hydrogen (secondary N) is 2. The van der Waals surface area contributed by atoms with E-state index in [0.717, 1.165) is 24.5 Å². The summed E-state index contributed by atoms with van der Waals surface area (Å²) < 4.78 is 17.9. The summed E-state index contributed by atoms with van der Waals surface area (Å²) in [5.41, 5.74) is -0.0966. The fourth-order valence-electron chi connectivity index (χ4n) is 5.47. The minimum atomic E-state index is -0.741. The van der Waals surface area contributed by atoms with E-state index >= 15 is 4.39 Å². The third-order valence-corrected chi connectivity index (χ3v) is 7.90. The van der Waals surface area contributed by atoms with Gasteiger partial charge in [0.2, 0.25) is 5.91 Å². The van der Waals surface area contributed by atoms with Crippen molar-refractivity contribution >= 4 is 28.5 Å². The molecular formula is C29H36FN5O5. The minimum absolute atomic E-state index is 0.0661. The number of aromatic nitrogens is 2. The molecule has 214 valence electrons. The Morgan fingerprint density at radius 2 is 1.95 bits per heavy atom. The van der Waals surface area contributed by atoms with Crippen LogP contribution in [0.15, 0.2) is 45.5 Å². The predicted octanol–water partition coefficient (Wildman–Crippen LogP) is 2.90. The van der Waals surface area contributed by atoms with Crippen LogP contribution in [0.25, 0.3) is 10.9 Å². The second kappa shape index (κ2) is 11.4. The molecule has 0 bridgehead atoms. The highest BCUT2D eigenvalue weighted by Gasteiger charge is 2.29. The number of allylic oxidation sites excluding steroid dienone is 1. The van der Waals surface area contributed by atoms with Crippen LogP contribution in [0.2, 0.25) is 0 Å². The van der Waals surface area contributed by atoms with Gasteiger partial charge in [-0.2, -0.15) is 0 Å². The number of likely N-dealkylation sites (tertiary alicyclic amines) is 1. The van der Waals surface area contributed by atoms with Crippen molar-refractivity contribution in [2.45, 2.75) is 64.6 Å². The first-order valence-corrected chi connectivity index (χ1v) is 14.0. The van der Waals surface area contributed by atoms with E-state index in [9.17, 15) is 24.3 Å². The number of urea groups is 1. The zero-order chi connectivity index (χ0) is 28.6. The van der Waals surface area contributed by atoms with Crippen LogP contribution >= 0.6 is 0 Å². The Labute approximate surface area is 231 Å². The van der Waals surface area contributed by atoms with E-state index in [1.165, 1.54) is 20.1 Å². The molecule has 3 amide bonds. The molecule has 2 aliphatic carbocycles. The summed E-state index contributed by atoms with van der Waals surface area (Å²) in [4.78, 5) is 53.8. The maximum atomic E-state index is 15.2. The molecule has 5 rings (SSSR count). The summed E-state index contributed by atoms with van der Waals surface area (Å²) in [6.07, 6.45) is 9.16. The molecule has 2 heterocycles. The summed E-state index contributed by atoms with van der Waals surface area (Å²) in [5.74, 6) is -0.927. The molecule has 1 unspecified atom stereocenters. The van der Waals surface area contributed by atoms with Gasteiger partial charge in [-0.25, -0.2) is 14.0 Å². The molecule has 3 aliphatic rings. The van der Waals surface area contributed by atoms with Gasteiger partial charge in [0.15, 0.2) is 0 Å². The lowest BCUT2D eigenvalue weighted by Gasteiger charge is -2.34. The average Bonchev–Trinajstić information content (AvgIpc) is 3.76. The lowest BCUT2D eigenvalue weighted by molar-refractivity contribution is -0.124. The minimum Gasteiger partial charge on any atom is -0.392 e. The first-order chi connectivity index (χ1) is 19.2. The Morgan fingerprint density at radius 1 is 1.18 bits per heavy atom. The molecule has 2 atom stereocenters. The molecule has 1 saturated heterocycles. The number of piperidine rings is 1. The van der Waals surface area contributed by atoms with Crippen molar-refractivity contribution in [1.29, 1.82) is 0 Å². The topological polar surface area (TPSA) is 126 Å². The van der Waals surface area contributed by atoms with Crippen molar-refractivity contribution in [2.24, 2.45) is 11.8 Å². The van der Waals surface area contributed by atoms with Gasteiger partial charge in [0.1, 0.15) is 5.82 Å². The van der Waals surface area contributed by atoms with Crippen molar-refractivity contribution in [3.8, 4) is 0 Å². The molecule has 2 fully saturated rings. The summed E-state index contributed by atoms with van der Waals surface area (Å²) in [5, 5.41) is 15.0. The van der Waals surface area contributed by atoms with E-state index in [0.29, 0.717) is 38.3 Å². The van der Waals surface area contributed by atoms with Gasteiger partial charge in [-0.3, -0.25) is 18.7 Å². The van der Waals surface area contributed by atoms with E-state index in [1.807, 2.05) is 6.08 Å². The Hall–Kier alpha value is -3.73. The number of rotatable bonds is 7. The molecule has 2 aromatic rings. The van der Waals surface area contributed by atoms with Crippen LogP contribution < -0.4 is 21.9 Å². The molecule has 10 nitrogen and oxygen atoms in total. The zero-order valence-electron chi connectivity index (χ0n) is 22.9. The number of anilines is 1. The fraction of sp³-hybridized carbons (Fsp3) is 0.517. The number of benzene rings is 1. The largest absolute Gasteiger partial charge is 0.392 e. The van der Waals surface area contributed by atoms with E-state index in [4.69, 9.17) is 0 Å². The van der Waals surface area contributed by atoms with Crippen LogP contribution in [0.5, 0.6) is 0 Å². The predicted molar refractivity (Wildman–Crippen MR) is 150 cm³/mol. The highest BCUT2D eigenvalue weighted by atomic mass is 19.1. The summed E-state index contributed by atoms with van der Waals surface area (Å²) in [6, 6.07) is 1.39. The fourth-order valence-corrected chi connectivity index (χ4v) is 5.47. The third-order valence-electron chi connectivity index (χ3n) is 7.90. The average molecular weight is 554 g/mol. The quantitative estimate of drug-likeness (QED) is 0.486. The van der Waals surface area contributed by atoms with Gasteiger partial charge >= 0.3 is 11.7 Å². The number of fused-ring (bicyclic) bond motifs is 1. The molecule has 40 heavy (non-hydrogen) atoms. The molecular weight excluding hydrogens is 517 g/mol. The van der Waals surface area contributed by atoms with Gasteiger partial charge in [0.25, 0.3) is 5.56 Å². The van der Waals surface area contributed by atoms with Crippen LogP contribution in [0.4, 0.5) is 14.9 Å². The van der Waals surface area contributed by atoms with E-state index in [2.05, 4.69) is 10.6 Å². The van der Waals surface area contributed by atoms with Gasteiger partial charge in [0, 0.05) is 37.8 Å². The maximum absolute atomic E-state index is 15.2. The number of hydrogen-bond acceptors (Lipinski definition) is 5. The molecule has 1 aromatic heterocycles. The van der Waals surface area contributed by atoms with E-state index < -0.39 is 23.1 Å². The molecule has 1 aliphatic heterocycles. The van der Waals surface area contributed by atoms with Crippen LogP contribution in [-0.4, -0.2) is 56.8 Å². The zero-order valence-corrected chi connectivity index (χ0v) is 22.9. The first-order valence-electron chi connectivity index (χ1n) is 14.0. The Balaban J connectivity index is 1.32. The highest BCUT2D eigenvalue weighted by Crippen LogP contribution is 2.30. The molecule has 11 heteroatoms. The lowest BCUT2D eigenvalue weighted by atomic mass is 9.95. The normalized spacial score (nSPS) is 21.0. The Bertz CT molecular complexity index is 1500. The SMILES string of the molecule is CC(C)n1c(=O)n(CC2CC2)c(=O)c2cc(NC(=O)N3CCC[C@@H](NC(=O)C4C=CC(CO)=CC4)C3)c(F)cc21. The van der Waals surface area contributed by atoms with Crippen molar-refractivity contribution in [3.05, 3.63) is 62.6 Å². The van der Waals surface area contributed by atoms with Gasteiger partial charge in [0.05, 0.1) is 29.1 Å². The standard InChI is InChI=1S/C29H36FN5O5/c1-17(2)35-25-13-23(30)24(12-22(25)27(38)34(29(35)40)14-18-5-6-18)32-28(39)33-11-3-4-21(15-33)31-26(37)20-9-7-19(16-36)8-10-20/h7-9,12-13,17-18,20-21,36H,3-6,10-11,14-16H2,1-2H3,(H,31,37)(H,32,39)/t20?,21-/m1/s1. The van der Waals surface area contributed by atoms with Gasteiger partial charge in [-0.15, -0.1) is 0 Å². The van der Waals surface area contributed by atoms with Crippen LogP contribution in [-0.2, 0) is 11.3 Å². The van der Waals surface area contributed by atoms with Crippen LogP contribution in [0.3, 0.4) is 0 Å². The molecule has 0 spiro atoms.